The Morgan fingerprint density at radius 3 is 2.62 bits per heavy atom. The lowest BCUT2D eigenvalue weighted by Crippen LogP contribution is -2.25. The van der Waals surface area contributed by atoms with Crippen molar-refractivity contribution in [2.75, 3.05) is 0 Å². The second kappa shape index (κ2) is 9.11. The average Bonchev–Trinajstić information content (AvgIpc) is 3.17. The molecular weight excluding hydrogens is 396 g/mol. The summed E-state index contributed by atoms with van der Waals surface area (Å²) in [4.78, 5) is 33.1. The van der Waals surface area contributed by atoms with Crippen LogP contribution in [0.15, 0.2) is 76.5 Å². The number of aryl methyl sites for hydroxylation is 2. The number of hydrogen-bond donors (Lipinski definition) is 0. The van der Waals surface area contributed by atoms with Gasteiger partial charge in [-0.25, -0.2) is 0 Å². The van der Waals surface area contributed by atoms with Gasteiger partial charge in [-0.05, 0) is 38.0 Å². The molecule has 2 heterocycles. The van der Waals surface area contributed by atoms with Crippen molar-refractivity contribution in [1.82, 2.24) is 0 Å². The first-order valence-electron chi connectivity index (χ1n) is 10.6. The molecule has 0 aromatic heterocycles. The molecular formula is C28H24N2O2. The van der Waals surface area contributed by atoms with Crippen LogP contribution in [0.5, 0.6) is 0 Å². The fraction of sp³-hybridized carbons (Fsp3) is 0.214. The third-order valence-electron chi connectivity index (χ3n) is 5.54. The number of allylic oxidation sites excluding steroid dienone is 2. The van der Waals surface area contributed by atoms with Crippen LogP contribution in [0.4, 0.5) is 0 Å². The molecule has 2 aromatic carbocycles. The second-order valence-corrected chi connectivity index (χ2v) is 8.24. The largest absolute Gasteiger partial charge is 0.300 e. The quantitative estimate of drug-likeness (QED) is 0.506. The van der Waals surface area contributed by atoms with Crippen LogP contribution >= 0.6 is 0 Å². The summed E-state index contributed by atoms with van der Waals surface area (Å²) in [6.45, 7) is 5.56. The predicted molar refractivity (Wildman–Crippen MR) is 128 cm³/mol. The monoisotopic (exact) mass is 420 g/mol. The van der Waals surface area contributed by atoms with Gasteiger partial charge in [0.1, 0.15) is 5.78 Å². The van der Waals surface area contributed by atoms with Gasteiger partial charge in [0.15, 0.2) is 5.78 Å². The van der Waals surface area contributed by atoms with Crippen LogP contribution in [-0.4, -0.2) is 23.0 Å². The lowest BCUT2D eigenvalue weighted by molar-refractivity contribution is -0.115. The Kier molecular flexibility index (Phi) is 6.09. The molecule has 0 saturated carbocycles. The first kappa shape index (κ1) is 21.4. The van der Waals surface area contributed by atoms with Crippen LogP contribution in [0.2, 0.25) is 0 Å². The fourth-order valence-electron chi connectivity index (χ4n) is 3.84. The zero-order chi connectivity index (χ0) is 22.7. The topological polar surface area (TPSA) is 58.9 Å². The number of carbonyl (C=O) groups excluding carboxylic acids is 2. The predicted octanol–water partition coefficient (Wildman–Crippen LogP) is 4.98. The van der Waals surface area contributed by atoms with Crippen molar-refractivity contribution in [3.05, 3.63) is 94.3 Å². The van der Waals surface area contributed by atoms with E-state index in [2.05, 4.69) is 21.8 Å². The van der Waals surface area contributed by atoms with Gasteiger partial charge >= 0.3 is 0 Å². The maximum absolute atomic E-state index is 12.8. The third kappa shape index (κ3) is 4.73. The summed E-state index contributed by atoms with van der Waals surface area (Å²) >= 11 is 0. The smallest absolute Gasteiger partial charge is 0.167 e. The Labute approximate surface area is 188 Å². The van der Waals surface area contributed by atoms with E-state index in [0.717, 1.165) is 33.5 Å². The number of nitrogens with zero attached hydrogens (tertiary/aromatic N) is 2. The van der Waals surface area contributed by atoms with E-state index in [0.29, 0.717) is 17.7 Å². The van der Waals surface area contributed by atoms with Crippen molar-refractivity contribution in [3.63, 3.8) is 0 Å². The first-order chi connectivity index (χ1) is 15.4. The Bertz CT molecular complexity index is 1300. The first-order valence-corrected chi connectivity index (χ1v) is 10.6. The maximum atomic E-state index is 12.8. The number of Topliss-reactive ketones (excluding diaryl/α,β-unsaturated/α-hetero) is 2. The summed E-state index contributed by atoms with van der Waals surface area (Å²) in [5.41, 5.74) is 7.02. The molecule has 4 rings (SSSR count). The molecule has 0 saturated heterocycles. The molecule has 0 aliphatic carbocycles. The van der Waals surface area contributed by atoms with Gasteiger partial charge in [-0.15, -0.1) is 0 Å². The highest BCUT2D eigenvalue weighted by Crippen LogP contribution is 2.26. The number of aliphatic imine (C=N–C) groups is 2. The Morgan fingerprint density at radius 2 is 1.84 bits per heavy atom. The van der Waals surface area contributed by atoms with Gasteiger partial charge in [-0.3, -0.25) is 19.6 Å². The molecule has 0 fully saturated rings. The molecule has 2 aromatic rings. The summed E-state index contributed by atoms with van der Waals surface area (Å²) < 4.78 is 0. The van der Waals surface area contributed by atoms with Gasteiger partial charge in [-0.2, -0.15) is 0 Å². The number of fused-ring (bicyclic) bond motifs is 1. The zero-order valence-electron chi connectivity index (χ0n) is 18.5. The molecule has 4 nitrogen and oxygen atoms in total. The average molecular weight is 421 g/mol. The molecule has 0 bridgehead atoms. The number of benzene rings is 2. The van der Waals surface area contributed by atoms with Crippen molar-refractivity contribution in [2.24, 2.45) is 15.9 Å². The molecule has 158 valence electrons. The lowest BCUT2D eigenvalue weighted by Gasteiger charge is -2.15. The highest BCUT2D eigenvalue weighted by molar-refractivity contribution is 6.47. The van der Waals surface area contributed by atoms with E-state index in [4.69, 9.17) is 0 Å². The van der Waals surface area contributed by atoms with Gasteiger partial charge in [0.25, 0.3) is 0 Å². The molecule has 32 heavy (non-hydrogen) atoms. The lowest BCUT2D eigenvalue weighted by atomic mass is 9.90. The van der Waals surface area contributed by atoms with Crippen molar-refractivity contribution >= 4 is 23.0 Å². The van der Waals surface area contributed by atoms with E-state index >= 15 is 0 Å². The van der Waals surface area contributed by atoms with E-state index in [1.165, 1.54) is 0 Å². The zero-order valence-corrected chi connectivity index (χ0v) is 18.5. The Morgan fingerprint density at radius 1 is 1.00 bits per heavy atom. The van der Waals surface area contributed by atoms with Crippen LogP contribution in [0.25, 0.3) is 0 Å². The molecule has 4 heteroatoms. The summed E-state index contributed by atoms with van der Waals surface area (Å²) in [7, 11) is 0. The highest BCUT2D eigenvalue weighted by Gasteiger charge is 2.28. The third-order valence-corrected chi connectivity index (χ3v) is 5.54. The van der Waals surface area contributed by atoms with Crippen LogP contribution < -0.4 is 0 Å². The fourth-order valence-corrected chi connectivity index (χ4v) is 3.84. The standard InChI is InChI=1S/C28H24N2O2/c1-18-5-4-6-21(13-18)15-27(32)23-8-7-19(2)22(16-23)9-10-24-17-30-28-25(24)11-12-29-26(28)14-20(3)31/h4-8,11-13,16-17,25H,14-15H2,1-3H3. The van der Waals surface area contributed by atoms with E-state index in [1.807, 2.05) is 62.4 Å². The Balaban J connectivity index is 1.52. The molecule has 0 amide bonds. The van der Waals surface area contributed by atoms with Crippen LogP contribution in [0, 0.1) is 31.6 Å². The van der Waals surface area contributed by atoms with Gasteiger partial charge in [0.2, 0.25) is 0 Å². The minimum Gasteiger partial charge on any atom is -0.300 e. The number of carbonyl (C=O) groups is 2. The second-order valence-electron chi connectivity index (χ2n) is 8.24. The minimum atomic E-state index is -0.0687. The molecule has 2 aliphatic heterocycles. The van der Waals surface area contributed by atoms with Crippen LogP contribution in [0.1, 0.15) is 46.0 Å². The number of ketones is 2. The van der Waals surface area contributed by atoms with Crippen LogP contribution in [0.3, 0.4) is 0 Å². The van der Waals surface area contributed by atoms with Gasteiger partial charge in [-0.1, -0.05) is 59.9 Å². The SMILES string of the molecule is CC(=O)CC1=NC=CC2C(C#Cc3cc(C(=O)Cc4cccc(C)c4)ccc3C)=CN=C12. The molecule has 1 atom stereocenters. The summed E-state index contributed by atoms with van der Waals surface area (Å²) in [6.07, 6.45) is 6.06. The summed E-state index contributed by atoms with van der Waals surface area (Å²) in [6, 6.07) is 13.7. The minimum absolute atomic E-state index is 0.0582. The Hall–Kier alpha value is -3.84. The van der Waals surface area contributed by atoms with E-state index in [9.17, 15) is 9.59 Å². The molecule has 1 unspecified atom stereocenters. The van der Waals surface area contributed by atoms with Gasteiger partial charge in [0, 0.05) is 35.5 Å². The summed E-state index contributed by atoms with van der Waals surface area (Å²) in [5.74, 6) is 6.52. The molecule has 0 radical (unpaired) electrons. The normalized spacial score (nSPS) is 16.3. The maximum Gasteiger partial charge on any atom is 0.167 e. The van der Waals surface area contributed by atoms with Crippen molar-refractivity contribution < 1.29 is 9.59 Å². The van der Waals surface area contributed by atoms with E-state index in [-0.39, 0.29) is 23.9 Å². The molecule has 0 spiro atoms. The molecule has 0 N–H and O–H groups in total. The van der Waals surface area contributed by atoms with Crippen molar-refractivity contribution in [2.45, 2.75) is 33.6 Å². The van der Waals surface area contributed by atoms with E-state index < -0.39 is 0 Å². The number of rotatable bonds is 5. The summed E-state index contributed by atoms with van der Waals surface area (Å²) in [5, 5.41) is 0. The van der Waals surface area contributed by atoms with Crippen molar-refractivity contribution in [3.8, 4) is 11.8 Å². The van der Waals surface area contributed by atoms with E-state index in [1.54, 1.807) is 19.3 Å². The van der Waals surface area contributed by atoms with Gasteiger partial charge < -0.3 is 0 Å². The van der Waals surface area contributed by atoms with Crippen molar-refractivity contribution in [1.29, 1.82) is 0 Å². The molecule has 2 aliphatic rings. The number of hydrogen-bond acceptors (Lipinski definition) is 4. The van der Waals surface area contributed by atoms with Gasteiger partial charge in [0.05, 0.1) is 23.8 Å². The van der Waals surface area contributed by atoms with Crippen LogP contribution in [-0.2, 0) is 11.2 Å². The highest BCUT2D eigenvalue weighted by atomic mass is 16.1.